The van der Waals surface area contributed by atoms with Crippen molar-refractivity contribution in [3.05, 3.63) is 54.1 Å². The molecule has 1 aliphatic carbocycles. The van der Waals surface area contributed by atoms with E-state index in [-0.39, 0.29) is 17.2 Å². The molecule has 158 valence electrons. The van der Waals surface area contributed by atoms with Crippen LogP contribution in [0.2, 0.25) is 0 Å². The summed E-state index contributed by atoms with van der Waals surface area (Å²) in [4.78, 5) is 21.3. The van der Waals surface area contributed by atoms with E-state index in [9.17, 15) is 4.79 Å². The second-order valence-corrected chi connectivity index (χ2v) is 8.85. The number of nitrogens with zero attached hydrogens (tertiary/aromatic N) is 1. The molecule has 5 nitrogen and oxygen atoms in total. The van der Waals surface area contributed by atoms with Crippen LogP contribution in [0.25, 0.3) is 11.0 Å². The van der Waals surface area contributed by atoms with Gasteiger partial charge in [0.15, 0.2) is 5.16 Å². The lowest BCUT2D eigenvalue weighted by molar-refractivity contribution is -0.121. The van der Waals surface area contributed by atoms with E-state index in [1.807, 2.05) is 55.5 Å². The van der Waals surface area contributed by atoms with Gasteiger partial charge in [-0.2, -0.15) is 0 Å². The quantitative estimate of drug-likeness (QED) is 0.381. The SMILES string of the molecule is CCOc1ccc2nc(S[C@@H](C(=O)NC3CCCCCC3)c3ccccc3)[nH]c2c1. The number of amides is 1. The molecule has 0 aliphatic heterocycles. The van der Waals surface area contributed by atoms with E-state index >= 15 is 0 Å². The molecule has 2 aromatic carbocycles. The number of ether oxygens (including phenoxy) is 1. The van der Waals surface area contributed by atoms with Gasteiger partial charge in [0.05, 0.1) is 17.6 Å². The van der Waals surface area contributed by atoms with Crippen molar-refractivity contribution in [2.75, 3.05) is 6.61 Å². The number of imidazole rings is 1. The topological polar surface area (TPSA) is 67.0 Å². The lowest BCUT2D eigenvalue weighted by Crippen LogP contribution is -2.37. The monoisotopic (exact) mass is 423 g/mol. The molecule has 1 saturated carbocycles. The number of H-pyrrole nitrogens is 1. The average Bonchev–Trinajstić information content (AvgIpc) is 2.98. The van der Waals surface area contributed by atoms with Crippen LogP contribution in [-0.4, -0.2) is 28.5 Å². The van der Waals surface area contributed by atoms with Gasteiger partial charge in [0, 0.05) is 12.1 Å². The first kappa shape index (κ1) is 20.8. The molecule has 0 radical (unpaired) electrons. The predicted molar refractivity (Wildman–Crippen MR) is 122 cm³/mol. The third-order valence-electron chi connectivity index (χ3n) is 5.51. The fraction of sp³-hybridized carbons (Fsp3) is 0.417. The van der Waals surface area contributed by atoms with Gasteiger partial charge < -0.3 is 15.0 Å². The van der Waals surface area contributed by atoms with Crippen LogP contribution >= 0.6 is 11.8 Å². The highest BCUT2D eigenvalue weighted by Crippen LogP contribution is 2.35. The van der Waals surface area contributed by atoms with E-state index < -0.39 is 0 Å². The largest absolute Gasteiger partial charge is 0.494 e. The summed E-state index contributed by atoms with van der Waals surface area (Å²) in [7, 11) is 0. The Morgan fingerprint density at radius 3 is 2.67 bits per heavy atom. The third kappa shape index (κ3) is 5.17. The number of aromatic amines is 1. The van der Waals surface area contributed by atoms with Gasteiger partial charge in [-0.25, -0.2) is 4.98 Å². The highest BCUT2D eigenvalue weighted by molar-refractivity contribution is 8.00. The van der Waals surface area contributed by atoms with Crippen molar-refractivity contribution in [3.63, 3.8) is 0 Å². The molecular formula is C24H29N3O2S. The highest BCUT2D eigenvalue weighted by atomic mass is 32.2. The molecule has 0 bridgehead atoms. The summed E-state index contributed by atoms with van der Waals surface area (Å²) >= 11 is 1.47. The van der Waals surface area contributed by atoms with E-state index in [1.165, 1.54) is 37.4 Å². The Morgan fingerprint density at radius 1 is 1.17 bits per heavy atom. The van der Waals surface area contributed by atoms with Crippen LogP contribution in [0.5, 0.6) is 5.75 Å². The lowest BCUT2D eigenvalue weighted by Gasteiger charge is -2.21. The second kappa shape index (κ2) is 10.0. The Bertz CT molecular complexity index is 965. The molecular weight excluding hydrogens is 394 g/mol. The number of hydrogen-bond donors (Lipinski definition) is 2. The van der Waals surface area contributed by atoms with Gasteiger partial charge in [-0.15, -0.1) is 0 Å². The molecule has 4 rings (SSSR count). The highest BCUT2D eigenvalue weighted by Gasteiger charge is 2.26. The van der Waals surface area contributed by atoms with Crippen LogP contribution in [0.4, 0.5) is 0 Å². The summed E-state index contributed by atoms with van der Waals surface area (Å²) in [6.45, 7) is 2.59. The Hall–Kier alpha value is -2.47. The van der Waals surface area contributed by atoms with Crippen molar-refractivity contribution < 1.29 is 9.53 Å². The van der Waals surface area contributed by atoms with Crippen molar-refractivity contribution in [2.24, 2.45) is 0 Å². The zero-order chi connectivity index (χ0) is 20.8. The molecule has 0 saturated heterocycles. The number of carbonyl (C=O) groups is 1. The summed E-state index contributed by atoms with van der Waals surface area (Å²) in [6, 6.07) is 16.1. The number of thioether (sulfide) groups is 1. The zero-order valence-corrected chi connectivity index (χ0v) is 18.2. The maximum absolute atomic E-state index is 13.3. The number of nitrogens with one attached hydrogen (secondary N) is 2. The molecule has 1 heterocycles. The minimum atomic E-state index is -0.346. The number of carbonyl (C=O) groups excluding carboxylic acids is 1. The van der Waals surface area contributed by atoms with Crippen LogP contribution in [-0.2, 0) is 4.79 Å². The van der Waals surface area contributed by atoms with E-state index in [2.05, 4.69) is 10.3 Å². The molecule has 0 spiro atoms. The van der Waals surface area contributed by atoms with E-state index in [0.717, 1.165) is 40.3 Å². The van der Waals surface area contributed by atoms with Crippen LogP contribution in [0, 0.1) is 0 Å². The molecule has 30 heavy (non-hydrogen) atoms. The van der Waals surface area contributed by atoms with Gasteiger partial charge in [0.1, 0.15) is 11.0 Å². The number of rotatable bonds is 7. The van der Waals surface area contributed by atoms with Crippen LogP contribution < -0.4 is 10.1 Å². The van der Waals surface area contributed by atoms with Crippen LogP contribution in [0.15, 0.2) is 53.7 Å². The minimum absolute atomic E-state index is 0.0635. The Kier molecular flexibility index (Phi) is 6.95. The summed E-state index contributed by atoms with van der Waals surface area (Å²) < 4.78 is 5.59. The molecule has 1 fully saturated rings. The van der Waals surface area contributed by atoms with E-state index in [1.54, 1.807) is 0 Å². The summed E-state index contributed by atoms with van der Waals surface area (Å²) in [5, 5.41) is 3.71. The van der Waals surface area contributed by atoms with Gasteiger partial charge in [0.2, 0.25) is 5.91 Å². The van der Waals surface area contributed by atoms with Crippen molar-refractivity contribution in [1.29, 1.82) is 0 Å². The Balaban J connectivity index is 1.55. The second-order valence-electron chi connectivity index (χ2n) is 7.76. The molecule has 1 aliphatic rings. The van der Waals surface area contributed by atoms with Gasteiger partial charge in [-0.1, -0.05) is 67.8 Å². The molecule has 1 amide bonds. The Morgan fingerprint density at radius 2 is 1.93 bits per heavy atom. The van der Waals surface area contributed by atoms with Gasteiger partial charge >= 0.3 is 0 Å². The number of benzene rings is 2. The summed E-state index contributed by atoms with van der Waals surface area (Å²) in [5.41, 5.74) is 2.78. The van der Waals surface area contributed by atoms with Crippen LogP contribution in [0.3, 0.4) is 0 Å². The molecule has 6 heteroatoms. The number of fused-ring (bicyclic) bond motifs is 1. The zero-order valence-electron chi connectivity index (χ0n) is 17.4. The fourth-order valence-corrected chi connectivity index (χ4v) is 5.00. The smallest absolute Gasteiger partial charge is 0.238 e. The predicted octanol–water partition coefficient (Wildman–Crippen LogP) is 5.63. The van der Waals surface area contributed by atoms with Crippen LogP contribution in [0.1, 0.15) is 56.3 Å². The van der Waals surface area contributed by atoms with E-state index in [0.29, 0.717) is 6.61 Å². The van der Waals surface area contributed by atoms with Crippen molar-refractivity contribution in [2.45, 2.75) is 61.9 Å². The average molecular weight is 424 g/mol. The molecule has 0 unspecified atom stereocenters. The molecule has 1 atom stereocenters. The first-order valence-electron chi connectivity index (χ1n) is 10.9. The Labute approximate surface area is 182 Å². The van der Waals surface area contributed by atoms with E-state index in [4.69, 9.17) is 9.72 Å². The van der Waals surface area contributed by atoms with Crippen molar-refractivity contribution in [1.82, 2.24) is 15.3 Å². The standard InChI is InChI=1S/C24H29N3O2S/c1-2-29-19-14-15-20-21(16-19)27-24(26-20)30-22(17-10-6-5-7-11-17)23(28)25-18-12-8-3-4-9-13-18/h5-7,10-11,14-16,18,22H,2-4,8-9,12-13H2,1H3,(H,25,28)(H,26,27)/t22-/m1/s1. The van der Waals surface area contributed by atoms with Gasteiger partial charge in [-0.3, -0.25) is 4.79 Å². The number of hydrogen-bond acceptors (Lipinski definition) is 4. The first-order valence-corrected chi connectivity index (χ1v) is 11.8. The normalized spacial score (nSPS) is 16.2. The summed E-state index contributed by atoms with van der Waals surface area (Å²) in [6.07, 6.45) is 7.07. The number of aromatic nitrogens is 2. The fourth-order valence-electron chi connectivity index (χ4n) is 3.99. The lowest BCUT2D eigenvalue weighted by atomic mass is 10.1. The van der Waals surface area contributed by atoms with Gasteiger partial charge in [-0.05, 0) is 37.5 Å². The summed E-state index contributed by atoms with van der Waals surface area (Å²) in [5.74, 6) is 0.879. The van der Waals surface area contributed by atoms with Gasteiger partial charge in [0.25, 0.3) is 0 Å². The maximum atomic E-state index is 13.3. The maximum Gasteiger partial charge on any atom is 0.238 e. The minimum Gasteiger partial charge on any atom is -0.494 e. The van der Waals surface area contributed by atoms with Crippen molar-refractivity contribution in [3.8, 4) is 5.75 Å². The first-order chi connectivity index (χ1) is 14.7. The third-order valence-corrected chi connectivity index (χ3v) is 6.65. The molecule has 3 aromatic rings. The van der Waals surface area contributed by atoms with Crippen molar-refractivity contribution >= 4 is 28.7 Å². The molecule has 2 N–H and O–H groups in total. The molecule has 1 aromatic heterocycles.